The Kier molecular flexibility index (Phi) is 6.27. The molecule has 0 fully saturated rings. The molecule has 4 rings (SSSR count). The molecule has 0 saturated heterocycles. The molecule has 0 aliphatic heterocycles. The maximum Gasteiger partial charge on any atom is 0.282 e. The number of aromatic amines is 1. The Labute approximate surface area is 180 Å². The van der Waals surface area contributed by atoms with Crippen molar-refractivity contribution in [3.63, 3.8) is 0 Å². The molecule has 3 heterocycles. The van der Waals surface area contributed by atoms with Crippen LogP contribution in [0.1, 0.15) is 12.1 Å². The van der Waals surface area contributed by atoms with Crippen LogP contribution in [0.25, 0.3) is 22.8 Å². The van der Waals surface area contributed by atoms with Crippen LogP contribution in [0.3, 0.4) is 0 Å². The highest BCUT2D eigenvalue weighted by molar-refractivity contribution is 8.02. The summed E-state index contributed by atoms with van der Waals surface area (Å²) in [6, 6.07) is 3.19. The van der Waals surface area contributed by atoms with Crippen molar-refractivity contribution >= 4 is 23.5 Å². The summed E-state index contributed by atoms with van der Waals surface area (Å²) in [4.78, 5) is 4.18. The van der Waals surface area contributed by atoms with E-state index >= 15 is 0 Å². The van der Waals surface area contributed by atoms with Gasteiger partial charge in [-0.25, -0.2) is 22.5 Å². The fourth-order valence-electron chi connectivity index (χ4n) is 2.58. The molecular weight excluding hydrogens is 458 g/mol. The van der Waals surface area contributed by atoms with Gasteiger partial charge in [0, 0.05) is 30.8 Å². The smallest absolute Gasteiger partial charge is 0.282 e. The van der Waals surface area contributed by atoms with E-state index in [0.717, 1.165) is 12.1 Å². The van der Waals surface area contributed by atoms with E-state index in [1.807, 2.05) is 0 Å². The summed E-state index contributed by atoms with van der Waals surface area (Å²) < 4.78 is 59.7. The summed E-state index contributed by atoms with van der Waals surface area (Å²) in [7, 11) is 1.53. The second-order valence-corrected chi connectivity index (χ2v) is 8.17. The molecule has 0 bridgehead atoms. The topological polar surface area (TPSA) is 98.3 Å². The summed E-state index contributed by atoms with van der Waals surface area (Å²) in [5.41, 5.74) is -0.212. The second kappa shape index (κ2) is 9.09. The van der Waals surface area contributed by atoms with Gasteiger partial charge in [0.1, 0.15) is 17.3 Å². The highest BCUT2D eigenvalue weighted by atomic mass is 32.2. The third-order valence-electron chi connectivity index (χ3n) is 3.89. The Morgan fingerprint density at radius 2 is 1.94 bits per heavy atom. The third kappa shape index (κ3) is 4.90. The average Bonchev–Trinajstić information content (AvgIpc) is 3.44. The lowest BCUT2D eigenvalue weighted by molar-refractivity contribution is 0.145. The van der Waals surface area contributed by atoms with E-state index < -0.39 is 23.8 Å². The number of alkyl halides is 2. The summed E-state index contributed by atoms with van der Waals surface area (Å²) in [5, 5.41) is 18.6. The molecule has 0 aliphatic carbocycles. The Balaban J connectivity index is 1.32. The lowest BCUT2D eigenvalue weighted by Gasteiger charge is -1.98. The number of thioether (sulfide) groups is 2. The number of rotatable bonds is 8. The molecule has 0 spiro atoms. The number of nitrogens with zero attached hydrogens (tertiary/aromatic N) is 6. The van der Waals surface area contributed by atoms with E-state index in [1.165, 1.54) is 47.5 Å². The highest BCUT2D eigenvalue weighted by Crippen LogP contribution is 2.31. The molecule has 0 amide bonds. The van der Waals surface area contributed by atoms with Gasteiger partial charge >= 0.3 is 0 Å². The minimum Gasteiger partial charge on any atom is -0.411 e. The monoisotopic (exact) mass is 471 g/mol. The molecule has 0 atom stereocenters. The van der Waals surface area contributed by atoms with Crippen molar-refractivity contribution in [3.8, 4) is 22.8 Å². The van der Waals surface area contributed by atoms with Crippen molar-refractivity contribution < 1.29 is 22.0 Å². The van der Waals surface area contributed by atoms with Crippen molar-refractivity contribution in [3.05, 3.63) is 41.7 Å². The molecule has 162 valence electrons. The van der Waals surface area contributed by atoms with Crippen LogP contribution in [-0.2, 0) is 7.05 Å². The van der Waals surface area contributed by atoms with Crippen LogP contribution < -0.4 is 0 Å². The van der Waals surface area contributed by atoms with Gasteiger partial charge in [0.2, 0.25) is 5.16 Å². The molecule has 0 saturated carbocycles. The van der Waals surface area contributed by atoms with E-state index in [4.69, 9.17) is 4.42 Å². The average molecular weight is 471 g/mol. The van der Waals surface area contributed by atoms with Crippen molar-refractivity contribution in [1.82, 2.24) is 35.2 Å². The van der Waals surface area contributed by atoms with Gasteiger partial charge in [-0.1, -0.05) is 23.5 Å². The first-order valence-corrected chi connectivity index (χ1v) is 10.7. The zero-order valence-electron chi connectivity index (χ0n) is 15.7. The van der Waals surface area contributed by atoms with E-state index in [0.29, 0.717) is 16.7 Å². The Hall–Kier alpha value is -2.87. The minimum atomic E-state index is -2.76. The van der Waals surface area contributed by atoms with Gasteiger partial charge in [0.15, 0.2) is 5.82 Å². The molecule has 1 N–H and O–H groups in total. The predicted molar refractivity (Wildman–Crippen MR) is 105 cm³/mol. The van der Waals surface area contributed by atoms with Crippen molar-refractivity contribution in [2.45, 2.75) is 16.8 Å². The van der Waals surface area contributed by atoms with Crippen LogP contribution in [0.2, 0.25) is 0 Å². The molecule has 0 unspecified atom stereocenters. The number of aryl methyl sites for hydroxylation is 1. The zero-order valence-corrected chi connectivity index (χ0v) is 17.4. The Bertz CT molecular complexity index is 1190. The fraction of sp³-hybridized carbons (Fsp3) is 0.235. The van der Waals surface area contributed by atoms with Gasteiger partial charge < -0.3 is 4.42 Å². The maximum atomic E-state index is 13.8. The predicted octanol–water partition coefficient (Wildman–Crippen LogP) is 4.36. The first-order valence-electron chi connectivity index (χ1n) is 8.69. The van der Waals surface area contributed by atoms with E-state index in [1.54, 1.807) is 0 Å². The van der Waals surface area contributed by atoms with Crippen LogP contribution in [0.5, 0.6) is 0 Å². The van der Waals surface area contributed by atoms with Gasteiger partial charge in [0.25, 0.3) is 17.5 Å². The molecule has 3 aromatic heterocycles. The second-order valence-electron chi connectivity index (χ2n) is 6.06. The fourth-order valence-corrected chi connectivity index (χ4v) is 4.11. The van der Waals surface area contributed by atoms with E-state index in [-0.39, 0.29) is 28.1 Å². The first kappa shape index (κ1) is 21.4. The van der Waals surface area contributed by atoms with Crippen LogP contribution in [0.4, 0.5) is 17.6 Å². The van der Waals surface area contributed by atoms with Gasteiger partial charge in [-0.3, -0.25) is 9.78 Å². The number of nitrogens with one attached hydrogen (secondary N) is 1. The summed E-state index contributed by atoms with van der Waals surface area (Å²) >= 11 is 2.54. The van der Waals surface area contributed by atoms with Gasteiger partial charge in [-0.15, -0.1) is 15.3 Å². The molecule has 8 nitrogen and oxygen atoms in total. The third-order valence-corrected chi connectivity index (χ3v) is 5.82. The standard InChI is InChI=1S/C17H13F4N7OS2/c1-28-7-10(12(27-28)13(20)21)15-24-26-17(29-15)31-5-4-30-16-22-14(23-25-16)9-3-2-8(18)6-11(9)19/h2-3,6-7,13H,4-5H2,1H3,(H,22,23,25). The van der Waals surface area contributed by atoms with E-state index in [2.05, 4.69) is 30.5 Å². The van der Waals surface area contributed by atoms with Crippen LogP contribution >= 0.6 is 23.5 Å². The molecule has 14 heteroatoms. The Morgan fingerprint density at radius 1 is 1.13 bits per heavy atom. The number of benzene rings is 1. The van der Waals surface area contributed by atoms with Gasteiger partial charge in [-0.2, -0.15) is 5.10 Å². The number of hydrogen-bond donors (Lipinski definition) is 1. The van der Waals surface area contributed by atoms with Crippen molar-refractivity contribution in [2.75, 3.05) is 11.5 Å². The number of halogens is 4. The number of hydrogen-bond acceptors (Lipinski definition) is 8. The SMILES string of the molecule is Cn1cc(-c2nnc(SCCSc3n[nH]c(-c4ccc(F)cc4F)n3)o2)c(C(F)F)n1. The normalized spacial score (nSPS) is 11.5. The lowest BCUT2D eigenvalue weighted by Crippen LogP contribution is -1.91. The molecule has 1 aromatic carbocycles. The highest BCUT2D eigenvalue weighted by Gasteiger charge is 2.23. The zero-order chi connectivity index (χ0) is 22.0. The first-order chi connectivity index (χ1) is 14.9. The van der Waals surface area contributed by atoms with Crippen LogP contribution in [0.15, 0.2) is 39.2 Å². The molecule has 0 radical (unpaired) electrons. The molecule has 0 aliphatic rings. The maximum absolute atomic E-state index is 13.8. The lowest BCUT2D eigenvalue weighted by atomic mass is 10.2. The van der Waals surface area contributed by atoms with Crippen LogP contribution in [-0.4, -0.2) is 46.7 Å². The van der Waals surface area contributed by atoms with E-state index in [9.17, 15) is 17.6 Å². The molecule has 31 heavy (non-hydrogen) atoms. The summed E-state index contributed by atoms with van der Waals surface area (Å²) in [5.74, 6) is -0.153. The largest absolute Gasteiger partial charge is 0.411 e. The van der Waals surface area contributed by atoms with Gasteiger partial charge in [-0.05, 0) is 12.1 Å². The molecular formula is C17H13F4N7OS2. The van der Waals surface area contributed by atoms with Crippen molar-refractivity contribution in [2.24, 2.45) is 7.05 Å². The van der Waals surface area contributed by atoms with Crippen molar-refractivity contribution in [1.29, 1.82) is 0 Å². The number of H-pyrrole nitrogens is 1. The molecule has 4 aromatic rings. The quantitative estimate of drug-likeness (QED) is 0.230. The Morgan fingerprint density at radius 3 is 2.71 bits per heavy atom. The summed E-state index contributed by atoms with van der Waals surface area (Å²) in [6.45, 7) is 0. The summed E-state index contributed by atoms with van der Waals surface area (Å²) in [6.07, 6.45) is -1.37. The van der Waals surface area contributed by atoms with Crippen LogP contribution in [0, 0.1) is 11.6 Å². The number of aromatic nitrogens is 7. The van der Waals surface area contributed by atoms with Gasteiger partial charge in [0.05, 0.1) is 11.1 Å². The minimum absolute atomic E-state index is 0.0292.